The third-order valence-electron chi connectivity index (χ3n) is 4.64. The van der Waals surface area contributed by atoms with Gasteiger partial charge < -0.3 is 14.5 Å². The fraction of sp³-hybridized carbons (Fsp3) is 0.238. The van der Waals surface area contributed by atoms with Crippen LogP contribution in [0.5, 0.6) is 0 Å². The van der Waals surface area contributed by atoms with Gasteiger partial charge in [0.2, 0.25) is 0 Å². The van der Waals surface area contributed by atoms with Gasteiger partial charge in [-0.2, -0.15) is 0 Å². The highest BCUT2D eigenvalue weighted by molar-refractivity contribution is 5.97. The molecule has 150 valence electrons. The number of ether oxygens (including phenoxy) is 1. The molecule has 3 aromatic rings. The highest BCUT2D eigenvalue weighted by atomic mass is 16.6. The number of carbonyl (C=O) groups is 2. The first-order valence-corrected chi connectivity index (χ1v) is 8.97. The van der Waals surface area contributed by atoms with Gasteiger partial charge in [0, 0.05) is 17.0 Å². The molecule has 2 aromatic carbocycles. The summed E-state index contributed by atoms with van der Waals surface area (Å²) in [7, 11) is 0. The summed E-state index contributed by atoms with van der Waals surface area (Å²) in [5.74, 6) is -1.26. The number of nitrogens with one attached hydrogen (secondary N) is 1. The molecule has 1 atom stereocenters. The summed E-state index contributed by atoms with van der Waals surface area (Å²) < 4.78 is 10.7. The first-order chi connectivity index (χ1) is 13.8. The van der Waals surface area contributed by atoms with Crippen LogP contribution in [0.1, 0.15) is 23.6 Å². The molecule has 8 nitrogen and oxygen atoms in total. The highest BCUT2D eigenvalue weighted by Crippen LogP contribution is 2.26. The summed E-state index contributed by atoms with van der Waals surface area (Å²) >= 11 is 0. The maximum absolute atomic E-state index is 12.3. The number of nitro benzene ring substituents is 1. The number of benzene rings is 2. The van der Waals surface area contributed by atoms with Crippen molar-refractivity contribution < 1.29 is 23.7 Å². The van der Waals surface area contributed by atoms with E-state index in [9.17, 15) is 19.7 Å². The van der Waals surface area contributed by atoms with Gasteiger partial charge in [0.05, 0.1) is 17.6 Å². The van der Waals surface area contributed by atoms with Gasteiger partial charge in [-0.1, -0.05) is 12.1 Å². The van der Waals surface area contributed by atoms with Gasteiger partial charge in [-0.05, 0) is 50.1 Å². The number of nitro groups is 1. The lowest BCUT2D eigenvalue weighted by Crippen LogP contribution is -2.30. The molecule has 0 saturated heterocycles. The van der Waals surface area contributed by atoms with Crippen LogP contribution in [-0.4, -0.2) is 22.9 Å². The third kappa shape index (κ3) is 4.43. The van der Waals surface area contributed by atoms with Crippen molar-refractivity contribution in [2.24, 2.45) is 0 Å². The van der Waals surface area contributed by atoms with E-state index in [1.165, 1.54) is 31.4 Å². The molecule has 1 amide bonds. The number of rotatable bonds is 6. The molecule has 0 spiro atoms. The van der Waals surface area contributed by atoms with Gasteiger partial charge in [0.1, 0.15) is 11.3 Å². The molecule has 8 heteroatoms. The lowest BCUT2D eigenvalue weighted by atomic mass is 10.0. The predicted molar refractivity (Wildman–Crippen MR) is 107 cm³/mol. The Labute approximate surface area is 166 Å². The lowest BCUT2D eigenvalue weighted by Gasteiger charge is -2.13. The number of fused-ring (bicyclic) bond motifs is 1. The molecule has 0 aliphatic carbocycles. The Kier molecular flexibility index (Phi) is 5.63. The number of para-hydroxylation sites is 2. The van der Waals surface area contributed by atoms with Gasteiger partial charge in [0.25, 0.3) is 11.6 Å². The van der Waals surface area contributed by atoms with Crippen LogP contribution in [0, 0.1) is 24.0 Å². The Bertz CT molecular complexity index is 1100. The normalized spacial score (nSPS) is 11.8. The first-order valence-electron chi connectivity index (χ1n) is 8.97. The number of anilines is 1. The van der Waals surface area contributed by atoms with E-state index >= 15 is 0 Å². The van der Waals surface area contributed by atoms with Crippen LogP contribution in [0.15, 0.2) is 47.1 Å². The summed E-state index contributed by atoms with van der Waals surface area (Å²) in [4.78, 5) is 35.0. The summed E-state index contributed by atoms with van der Waals surface area (Å²) in [6.07, 6.45) is 0.325. The second-order valence-corrected chi connectivity index (χ2v) is 6.77. The van der Waals surface area contributed by atoms with E-state index in [1.54, 1.807) is 6.07 Å². The van der Waals surface area contributed by atoms with Crippen molar-refractivity contribution in [2.45, 2.75) is 33.3 Å². The topological polar surface area (TPSA) is 112 Å². The van der Waals surface area contributed by atoms with Crippen LogP contribution in [-0.2, 0) is 20.7 Å². The van der Waals surface area contributed by atoms with Crippen LogP contribution in [0.25, 0.3) is 11.0 Å². The largest absolute Gasteiger partial charge is 0.464 e. The summed E-state index contributed by atoms with van der Waals surface area (Å²) in [5.41, 5.74) is 3.30. The van der Waals surface area contributed by atoms with Crippen molar-refractivity contribution in [1.82, 2.24) is 0 Å². The molecule has 1 N–H and O–H groups in total. The molecular weight excluding hydrogens is 376 g/mol. The molecule has 3 rings (SSSR count). The fourth-order valence-electron chi connectivity index (χ4n) is 2.89. The number of amides is 1. The van der Waals surface area contributed by atoms with Crippen LogP contribution in [0.4, 0.5) is 11.4 Å². The Morgan fingerprint density at radius 1 is 1.21 bits per heavy atom. The van der Waals surface area contributed by atoms with E-state index in [1.807, 2.05) is 26.0 Å². The maximum Gasteiger partial charge on any atom is 0.311 e. The number of carbonyl (C=O) groups excluding carboxylic acids is 2. The van der Waals surface area contributed by atoms with Gasteiger partial charge in [-0.15, -0.1) is 0 Å². The monoisotopic (exact) mass is 396 g/mol. The summed E-state index contributed by atoms with van der Waals surface area (Å²) in [6, 6.07) is 9.60. The maximum atomic E-state index is 12.3. The molecule has 1 heterocycles. The second kappa shape index (κ2) is 8.14. The number of furan rings is 1. The average molecular weight is 396 g/mol. The number of nitrogens with zero attached hydrogens (tertiary/aromatic N) is 1. The standard InChI is InChI=1S/C21H20N2O6/c1-12-8-16-15(11-28-19(16)9-13(12)2)10-20(24)29-14(3)21(25)22-17-6-4-5-7-18(17)23(26)27/h4-9,11,14H,10H2,1-3H3,(H,22,25)/t14-/m1/s1. The van der Waals surface area contributed by atoms with Gasteiger partial charge in [-0.25, -0.2) is 0 Å². The highest BCUT2D eigenvalue weighted by Gasteiger charge is 2.22. The molecule has 0 bridgehead atoms. The molecule has 0 radical (unpaired) electrons. The number of hydrogen-bond acceptors (Lipinski definition) is 6. The van der Waals surface area contributed by atoms with E-state index in [0.29, 0.717) is 11.1 Å². The molecule has 1 aromatic heterocycles. The SMILES string of the molecule is Cc1cc2occ(CC(=O)O[C@H](C)C(=O)Nc3ccccc3[N+](=O)[O-])c2cc1C. The molecule has 0 fully saturated rings. The zero-order valence-electron chi connectivity index (χ0n) is 16.2. The van der Waals surface area contributed by atoms with Crippen molar-refractivity contribution in [1.29, 1.82) is 0 Å². The Morgan fingerprint density at radius 3 is 2.62 bits per heavy atom. The zero-order chi connectivity index (χ0) is 21.1. The van der Waals surface area contributed by atoms with Crippen LogP contribution in [0.2, 0.25) is 0 Å². The second-order valence-electron chi connectivity index (χ2n) is 6.77. The fourth-order valence-corrected chi connectivity index (χ4v) is 2.89. The molecule has 0 saturated carbocycles. The average Bonchev–Trinajstić information content (AvgIpc) is 3.03. The van der Waals surface area contributed by atoms with Crippen molar-refractivity contribution in [3.05, 3.63) is 69.5 Å². The van der Waals surface area contributed by atoms with Crippen molar-refractivity contribution in [2.75, 3.05) is 5.32 Å². The molecule has 29 heavy (non-hydrogen) atoms. The van der Waals surface area contributed by atoms with Gasteiger partial charge >= 0.3 is 5.97 Å². The van der Waals surface area contributed by atoms with Gasteiger partial charge in [0.15, 0.2) is 6.10 Å². The van der Waals surface area contributed by atoms with Crippen LogP contribution < -0.4 is 5.32 Å². The predicted octanol–water partition coefficient (Wildman–Crippen LogP) is 4.07. The quantitative estimate of drug-likeness (QED) is 0.382. The van der Waals surface area contributed by atoms with Crippen molar-refractivity contribution in [3.63, 3.8) is 0 Å². The Hall–Kier alpha value is -3.68. The Morgan fingerprint density at radius 2 is 1.90 bits per heavy atom. The van der Waals surface area contributed by atoms with Crippen molar-refractivity contribution >= 4 is 34.2 Å². The Balaban J connectivity index is 1.66. The number of hydrogen-bond donors (Lipinski definition) is 1. The first kappa shape index (κ1) is 20.1. The number of esters is 1. The minimum Gasteiger partial charge on any atom is -0.464 e. The zero-order valence-corrected chi connectivity index (χ0v) is 16.2. The van der Waals surface area contributed by atoms with E-state index < -0.39 is 22.9 Å². The summed E-state index contributed by atoms with van der Waals surface area (Å²) in [5, 5.41) is 14.3. The smallest absolute Gasteiger partial charge is 0.311 e. The van der Waals surface area contributed by atoms with E-state index in [4.69, 9.17) is 9.15 Å². The van der Waals surface area contributed by atoms with Crippen LogP contribution >= 0.6 is 0 Å². The molecular formula is C21H20N2O6. The third-order valence-corrected chi connectivity index (χ3v) is 4.64. The minimum atomic E-state index is -1.12. The van der Waals surface area contributed by atoms with Crippen molar-refractivity contribution in [3.8, 4) is 0 Å². The summed E-state index contributed by atoms with van der Waals surface area (Å²) in [6.45, 7) is 5.35. The number of aryl methyl sites for hydroxylation is 2. The van der Waals surface area contributed by atoms with E-state index in [2.05, 4.69) is 5.32 Å². The molecule has 0 aliphatic heterocycles. The van der Waals surface area contributed by atoms with Gasteiger partial charge in [-0.3, -0.25) is 19.7 Å². The van der Waals surface area contributed by atoms with E-state index in [-0.39, 0.29) is 17.8 Å². The minimum absolute atomic E-state index is 0.0390. The van der Waals surface area contributed by atoms with Crippen LogP contribution in [0.3, 0.4) is 0 Å². The lowest BCUT2D eigenvalue weighted by molar-refractivity contribution is -0.383. The molecule has 0 unspecified atom stereocenters. The van der Waals surface area contributed by atoms with E-state index in [0.717, 1.165) is 16.5 Å². The molecule has 0 aliphatic rings.